The summed E-state index contributed by atoms with van der Waals surface area (Å²) in [7, 11) is -0.422. The van der Waals surface area contributed by atoms with Crippen LogP contribution in [0.25, 0.3) is 6.08 Å². The van der Waals surface area contributed by atoms with E-state index < -0.39 is 7.14 Å². The summed E-state index contributed by atoms with van der Waals surface area (Å²) in [5, 5.41) is 16.1. The normalized spacial score (nSPS) is 17.1. The van der Waals surface area contributed by atoms with E-state index in [2.05, 4.69) is 62.3 Å². The highest BCUT2D eigenvalue weighted by molar-refractivity contribution is 7.69. The summed E-state index contributed by atoms with van der Waals surface area (Å²) in [6.45, 7) is 9.21. The van der Waals surface area contributed by atoms with Crippen LogP contribution in [0.1, 0.15) is 46.6 Å². The second-order valence-corrected chi connectivity index (χ2v) is 13.2. The fourth-order valence-electron chi connectivity index (χ4n) is 5.17. The lowest BCUT2D eigenvalue weighted by atomic mass is 9.77. The summed E-state index contributed by atoms with van der Waals surface area (Å²) in [6, 6.07) is 10.1. The Morgan fingerprint density at radius 1 is 1.19 bits per heavy atom. The van der Waals surface area contributed by atoms with Gasteiger partial charge in [0.15, 0.2) is 5.82 Å². The number of nitrogens with zero attached hydrogens (tertiary/aromatic N) is 5. The molecule has 1 aromatic carbocycles. The Morgan fingerprint density at radius 2 is 2.00 bits per heavy atom. The third kappa shape index (κ3) is 4.90. The lowest BCUT2D eigenvalue weighted by Crippen LogP contribution is -2.33. The number of aryl methyl sites for hydroxylation is 1. The fourth-order valence-corrected chi connectivity index (χ4v) is 5.98. The molecular formula is C27H30N7OP. The number of hydrogen-bond acceptors (Lipinski definition) is 8. The zero-order chi connectivity index (χ0) is 25.4. The third-order valence-corrected chi connectivity index (χ3v) is 8.10. The number of nitrogens with one attached hydrogen (secondary N) is 2. The zero-order valence-electron chi connectivity index (χ0n) is 20.9. The molecule has 0 saturated heterocycles. The summed E-state index contributed by atoms with van der Waals surface area (Å²) in [5.74, 6) is 1.77. The monoisotopic (exact) mass is 499 g/mol. The van der Waals surface area contributed by atoms with E-state index in [0.29, 0.717) is 28.9 Å². The molecule has 1 aliphatic carbocycles. The maximum absolute atomic E-state index is 12.7. The Kier molecular flexibility index (Phi) is 6.38. The highest BCUT2D eigenvalue weighted by atomic mass is 31.2. The minimum Gasteiger partial charge on any atom is -0.324 e. The zero-order valence-corrected chi connectivity index (χ0v) is 21.8. The summed E-state index contributed by atoms with van der Waals surface area (Å²) in [6.07, 6.45) is 6.71. The van der Waals surface area contributed by atoms with Gasteiger partial charge in [0.05, 0.1) is 6.20 Å². The van der Waals surface area contributed by atoms with Crippen molar-refractivity contribution in [3.8, 4) is 6.07 Å². The van der Waals surface area contributed by atoms with Crippen LogP contribution < -0.4 is 16.1 Å². The van der Waals surface area contributed by atoms with Crippen LogP contribution in [0.4, 0.5) is 23.3 Å². The molecule has 0 bridgehead atoms. The number of rotatable bonds is 6. The molecular weight excluding hydrogens is 469 g/mol. The highest BCUT2D eigenvalue weighted by Crippen LogP contribution is 2.40. The molecule has 0 saturated carbocycles. The van der Waals surface area contributed by atoms with E-state index in [1.807, 2.05) is 0 Å². The SMILES string of the molecule is C=Cc1cc(Nc2nc(Nc3cc4c5c(c3)CN(C)CC5CCC4)ncc2C#N)nc(P(C)(C)=O)c1. The van der Waals surface area contributed by atoms with Gasteiger partial charge in [-0.25, -0.2) is 9.97 Å². The minimum atomic E-state index is -2.60. The molecule has 0 amide bonds. The number of nitriles is 1. The van der Waals surface area contributed by atoms with Crippen molar-refractivity contribution in [2.45, 2.75) is 31.7 Å². The van der Waals surface area contributed by atoms with Crippen LogP contribution in [0, 0.1) is 11.3 Å². The van der Waals surface area contributed by atoms with Gasteiger partial charge >= 0.3 is 0 Å². The van der Waals surface area contributed by atoms with Crippen LogP contribution in [0.3, 0.4) is 0 Å². The molecule has 1 aliphatic heterocycles. The summed E-state index contributed by atoms with van der Waals surface area (Å²) in [5.41, 5.74) is 6.80. The van der Waals surface area contributed by atoms with Crippen molar-refractivity contribution >= 4 is 41.9 Å². The average molecular weight is 500 g/mol. The number of likely N-dealkylation sites (N-methyl/N-ethyl adjacent to an activating group) is 1. The molecule has 3 aromatic rings. The van der Waals surface area contributed by atoms with Gasteiger partial charge in [0.25, 0.3) is 0 Å². The van der Waals surface area contributed by atoms with E-state index in [1.165, 1.54) is 35.7 Å². The number of hydrogen-bond donors (Lipinski definition) is 2. The van der Waals surface area contributed by atoms with Gasteiger partial charge in [0.2, 0.25) is 5.95 Å². The van der Waals surface area contributed by atoms with Crippen molar-refractivity contribution in [3.63, 3.8) is 0 Å². The van der Waals surface area contributed by atoms with Gasteiger partial charge < -0.3 is 20.1 Å². The molecule has 8 nitrogen and oxygen atoms in total. The van der Waals surface area contributed by atoms with E-state index in [9.17, 15) is 9.83 Å². The Bertz CT molecular complexity index is 1440. The van der Waals surface area contributed by atoms with Gasteiger partial charge in [-0.2, -0.15) is 10.2 Å². The molecule has 9 heteroatoms. The van der Waals surface area contributed by atoms with Crippen LogP contribution >= 0.6 is 7.14 Å². The van der Waals surface area contributed by atoms with Gasteiger partial charge in [0, 0.05) is 18.8 Å². The first kappa shape index (κ1) is 24.2. The number of aromatic nitrogens is 3. The van der Waals surface area contributed by atoms with Gasteiger partial charge in [-0.1, -0.05) is 12.7 Å². The number of anilines is 4. The van der Waals surface area contributed by atoms with E-state index in [4.69, 9.17) is 0 Å². The molecule has 2 aromatic heterocycles. The van der Waals surface area contributed by atoms with Crippen molar-refractivity contribution in [2.24, 2.45) is 0 Å². The Morgan fingerprint density at radius 3 is 2.75 bits per heavy atom. The van der Waals surface area contributed by atoms with Gasteiger partial charge in [-0.15, -0.1) is 0 Å². The lowest BCUT2D eigenvalue weighted by Gasteiger charge is -2.37. The second kappa shape index (κ2) is 9.50. The minimum absolute atomic E-state index is 0.286. The first-order chi connectivity index (χ1) is 17.2. The first-order valence-corrected chi connectivity index (χ1v) is 14.7. The van der Waals surface area contributed by atoms with Crippen LogP contribution in [-0.4, -0.2) is 46.8 Å². The van der Waals surface area contributed by atoms with Gasteiger partial charge in [-0.05, 0) is 92.1 Å². The second-order valence-electron chi connectivity index (χ2n) is 10.0. The molecule has 0 spiro atoms. The van der Waals surface area contributed by atoms with Crippen LogP contribution in [0.5, 0.6) is 0 Å². The molecule has 2 N–H and O–H groups in total. The van der Waals surface area contributed by atoms with Crippen molar-refractivity contribution in [2.75, 3.05) is 37.6 Å². The predicted octanol–water partition coefficient (Wildman–Crippen LogP) is 4.99. The smallest absolute Gasteiger partial charge is 0.229 e. The molecule has 1 unspecified atom stereocenters. The predicted molar refractivity (Wildman–Crippen MR) is 145 cm³/mol. The van der Waals surface area contributed by atoms with Crippen molar-refractivity contribution in [1.82, 2.24) is 19.9 Å². The van der Waals surface area contributed by atoms with Gasteiger partial charge in [-0.3, -0.25) is 0 Å². The lowest BCUT2D eigenvalue weighted by molar-refractivity contribution is 0.266. The molecule has 5 rings (SSSR count). The summed E-state index contributed by atoms with van der Waals surface area (Å²) < 4.78 is 12.7. The maximum atomic E-state index is 12.7. The molecule has 0 fully saturated rings. The average Bonchev–Trinajstić information content (AvgIpc) is 2.83. The van der Waals surface area contributed by atoms with Crippen LogP contribution in [0.2, 0.25) is 0 Å². The topological polar surface area (TPSA) is 107 Å². The van der Waals surface area contributed by atoms with Crippen molar-refractivity contribution < 1.29 is 4.57 Å². The Hall–Kier alpha value is -3.53. The van der Waals surface area contributed by atoms with E-state index >= 15 is 0 Å². The Labute approximate surface area is 211 Å². The number of pyridine rings is 1. The van der Waals surface area contributed by atoms with Crippen LogP contribution in [-0.2, 0) is 17.5 Å². The quantitative estimate of drug-likeness (QED) is 0.457. The largest absolute Gasteiger partial charge is 0.324 e. The molecule has 184 valence electrons. The maximum Gasteiger partial charge on any atom is 0.229 e. The van der Waals surface area contributed by atoms with Crippen molar-refractivity contribution in [3.05, 3.63) is 64.9 Å². The van der Waals surface area contributed by atoms with E-state index in [1.54, 1.807) is 31.5 Å². The van der Waals surface area contributed by atoms with Gasteiger partial charge in [0.1, 0.15) is 30.0 Å². The first-order valence-electron chi connectivity index (χ1n) is 12.1. The molecule has 3 heterocycles. The fraction of sp³-hybridized carbons (Fsp3) is 0.333. The van der Waals surface area contributed by atoms with E-state index in [-0.39, 0.29) is 5.56 Å². The molecule has 36 heavy (non-hydrogen) atoms. The third-order valence-electron chi connectivity index (χ3n) is 6.76. The Balaban J connectivity index is 1.47. The van der Waals surface area contributed by atoms with Crippen LogP contribution in [0.15, 0.2) is 37.0 Å². The molecule has 1 atom stereocenters. The number of benzene rings is 1. The molecule has 2 aliphatic rings. The van der Waals surface area contributed by atoms with E-state index in [0.717, 1.165) is 30.8 Å². The standard InChI is InChI=1S/C27H30N7OP/c1-5-17-9-23(31-24(10-17)36(3,4)35)32-26-21(13-28)14-29-27(33-26)30-22-11-18-7-6-8-19-15-34(2)16-20(12-22)25(18)19/h5,9-12,14,19H,1,6-8,15-16H2,2-4H3,(H2,29,30,31,32,33). The summed E-state index contributed by atoms with van der Waals surface area (Å²) >= 11 is 0. The summed E-state index contributed by atoms with van der Waals surface area (Å²) in [4.78, 5) is 15.9. The highest BCUT2D eigenvalue weighted by Gasteiger charge is 2.29. The molecule has 0 radical (unpaired) electrons. The van der Waals surface area contributed by atoms with Crippen molar-refractivity contribution in [1.29, 1.82) is 5.26 Å².